The summed E-state index contributed by atoms with van der Waals surface area (Å²) >= 11 is 0. The van der Waals surface area contributed by atoms with Gasteiger partial charge in [-0.1, -0.05) is 44.0 Å². The number of hydrogen-bond donors (Lipinski definition) is 2. The number of rotatable bonds is 4. The Kier molecular flexibility index (Phi) is 4.61. The van der Waals surface area contributed by atoms with Crippen molar-refractivity contribution >= 4 is 16.6 Å². The maximum atomic E-state index is 10.5. The van der Waals surface area contributed by atoms with Gasteiger partial charge in [0.05, 0.1) is 12.3 Å². The molecule has 4 rings (SSSR count). The van der Waals surface area contributed by atoms with Crippen LogP contribution in [0.1, 0.15) is 50.6 Å². The fourth-order valence-electron chi connectivity index (χ4n) is 4.07. The highest BCUT2D eigenvalue weighted by Crippen LogP contribution is 2.38. The number of benzene rings is 1. The molecule has 1 saturated carbocycles. The first-order valence-corrected chi connectivity index (χ1v) is 9.44. The molecular formula is C20H27N3O2. The summed E-state index contributed by atoms with van der Waals surface area (Å²) < 4.78 is 5.32. The quantitative estimate of drug-likeness (QED) is 0.891. The first kappa shape index (κ1) is 16.7. The van der Waals surface area contributed by atoms with E-state index in [2.05, 4.69) is 40.6 Å². The zero-order valence-corrected chi connectivity index (χ0v) is 14.9. The Labute approximate surface area is 148 Å². The molecule has 0 spiro atoms. The number of nitrogens with one attached hydrogen (secondary N) is 1. The summed E-state index contributed by atoms with van der Waals surface area (Å²) in [6.07, 6.45) is 5.60. The number of hydrogen-bond acceptors (Lipinski definition) is 5. The van der Waals surface area contributed by atoms with Gasteiger partial charge >= 0.3 is 0 Å². The summed E-state index contributed by atoms with van der Waals surface area (Å²) in [6, 6.07) is 8.35. The first-order valence-electron chi connectivity index (χ1n) is 9.44. The van der Waals surface area contributed by atoms with Gasteiger partial charge in [-0.25, -0.2) is 0 Å². The van der Waals surface area contributed by atoms with Crippen LogP contribution in [0.4, 0.5) is 5.82 Å². The maximum absolute atomic E-state index is 10.5. The van der Waals surface area contributed by atoms with Crippen LogP contribution in [-0.2, 0) is 4.74 Å². The molecule has 0 bridgehead atoms. The lowest BCUT2D eigenvalue weighted by molar-refractivity contribution is 0.0381. The van der Waals surface area contributed by atoms with E-state index in [-0.39, 0.29) is 0 Å². The van der Waals surface area contributed by atoms with Crippen LogP contribution < -0.4 is 5.32 Å². The predicted molar refractivity (Wildman–Crippen MR) is 98.8 cm³/mol. The summed E-state index contributed by atoms with van der Waals surface area (Å²) in [6.45, 7) is 3.77. The highest BCUT2D eigenvalue weighted by atomic mass is 16.5. The van der Waals surface area contributed by atoms with Gasteiger partial charge in [-0.3, -0.25) is 0 Å². The van der Waals surface area contributed by atoms with Crippen molar-refractivity contribution in [2.45, 2.75) is 50.5 Å². The molecule has 1 saturated heterocycles. The molecular weight excluding hydrogens is 314 g/mol. The topological polar surface area (TPSA) is 67.3 Å². The third-order valence-corrected chi connectivity index (χ3v) is 5.79. The molecule has 2 N–H and O–H groups in total. The zero-order valence-electron chi connectivity index (χ0n) is 14.9. The van der Waals surface area contributed by atoms with E-state index in [1.165, 1.54) is 31.1 Å². The average Bonchev–Trinajstić information content (AvgIpc) is 3.07. The Bertz CT molecular complexity index is 735. The molecule has 0 radical (unpaired) electrons. The number of nitrogens with zero attached hydrogens (tertiary/aromatic N) is 2. The van der Waals surface area contributed by atoms with Gasteiger partial charge in [0.1, 0.15) is 5.60 Å². The third-order valence-electron chi connectivity index (χ3n) is 5.79. The Morgan fingerprint density at radius 2 is 1.92 bits per heavy atom. The van der Waals surface area contributed by atoms with E-state index in [1.807, 2.05) is 6.07 Å². The molecule has 1 aromatic heterocycles. The minimum absolute atomic E-state index is 0.379. The minimum atomic E-state index is -0.805. The molecule has 2 heterocycles. The molecule has 1 unspecified atom stereocenters. The highest BCUT2D eigenvalue weighted by Gasteiger charge is 2.32. The number of aromatic nitrogens is 2. The summed E-state index contributed by atoms with van der Waals surface area (Å²) in [7, 11) is 0. The third kappa shape index (κ3) is 3.48. The molecule has 1 aromatic carbocycles. The monoisotopic (exact) mass is 341 g/mol. The Morgan fingerprint density at radius 3 is 2.64 bits per heavy atom. The van der Waals surface area contributed by atoms with E-state index in [0.29, 0.717) is 32.1 Å². The fraction of sp³-hybridized carbons (Fsp3) is 0.600. The number of aliphatic hydroxyl groups is 1. The van der Waals surface area contributed by atoms with Gasteiger partial charge in [0.25, 0.3) is 0 Å². The van der Waals surface area contributed by atoms with Crippen molar-refractivity contribution in [3.63, 3.8) is 0 Å². The highest BCUT2D eigenvalue weighted by molar-refractivity contribution is 5.93. The van der Waals surface area contributed by atoms with Gasteiger partial charge < -0.3 is 15.2 Å². The van der Waals surface area contributed by atoms with Crippen molar-refractivity contribution in [2.75, 3.05) is 25.1 Å². The van der Waals surface area contributed by atoms with E-state index in [9.17, 15) is 5.11 Å². The molecule has 1 atom stereocenters. The van der Waals surface area contributed by atoms with Gasteiger partial charge in [-0.2, -0.15) is 5.10 Å². The molecule has 2 aromatic rings. The van der Waals surface area contributed by atoms with Crippen LogP contribution in [0.5, 0.6) is 0 Å². The van der Waals surface area contributed by atoms with E-state index in [0.717, 1.165) is 22.8 Å². The SMILES string of the molecule is CC1CCC(c2nnc(NCC3(O)CCOC3)c3ccccc23)CC1. The molecule has 1 aliphatic heterocycles. The van der Waals surface area contributed by atoms with Crippen LogP contribution in [-0.4, -0.2) is 40.7 Å². The van der Waals surface area contributed by atoms with Crippen LogP contribution in [0.25, 0.3) is 10.8 Å². The number of ether oxygens (including phenoxy) is 1. The second-order valence-corrected chi connectivity index (χ2v) is 7.82. The van der Waals surface area contributed by atoms with Crippen molar-refractivity contribution in [3.8, 4) is 0 Å². The number of anilines is 1. The predicted octanol–water partition coefficient (Wildman–Crippen LogP) is 3.49. The summed E-state index contributed by atoms with van der Waals surface area (Å²) in [5.74, 6) is 2.09. The first-order chi connectivity index (χ1) is 12.1. The van der Waals surface area contributed by atoms with Crippen molar-refractivity contribution in [3.05, 3.63) is 30.0 Å². The van der Waals surface area contributed by atoms with E-state index < -0.39 is 5.60 Å². The van der Waals surface area contributed by atoms with Gasteiger partial charge in [-0.15, -0.1) is 5.10 Å². The lowest BCUT2D eigenvalue weighted by Crippen LogP contribution is -2.37. The molecule has 134 valence electrons. The van der Waals surface area contributed by atoms with Gasteiger partial charge in [-0.05, 0) is 18.8 Å². The van der Waals surface area contributed by atoms with Crippen LogP contribution in [0.2, 0.25) is 0 Å². The van der Waals surface area contributed by atoms with Crippen LogP contribution in [0.15, 0.2) is 24.3 Å². The summed E-state index contributed by atoms with van der Waals surface area (Å²) in [5.41, 5.74) is 0.331. The summed E-state index contributed by atoms with van der Waals surface area (Å²) in [4.78, 5) is 0. The Morgan fingerprint density at radius 1 is 1.16 bits per heavy atom. The van der Waals surface area contributed by atoms with Gasteiger partial charge in [0, 0.05) is 36.3 Å². The largest absolute Gasteiger partial charge is 0.386 e. The number of fused-ring (bicyclic) bond motifs is 1. The molecule has 5 nitrogen and oxygen atoms in total. The summed E-state index contributed by atoms with van der Waals surface area (Å²) in [5, 5.41) is 25.1. The van der Waals surface area contributed by atoms with E-state index in [4.69, 9.17) is 4.74 Å². The Balaban J connectivity index is 1.60. The zero-order chi connectivity index (χ0) is 17.3. The van der Waals surface area contributed by atoms with Gasteiger partial charge in [0.2, 0.25) is 0 Å². The normalized spacial score (nSPS) is 29.8. The molecule has 2 aliphatic rings. The lowest BCUT2D eigenvalue weighted by Gasteiger charge is -2.26. The van der Waals surface area contributed by atoms with Crippen molar-refractivity contribution in [1.82, 2.24) is 10.2 Å². The van der Waals surface area contributed by atoms with Crippen molar-refractivity contribution in [1.29, 1.82) is 0 Å². The second kappa shape index (κ2) is 6.89. The molecule has 2 fully saturated rings. The second-order valence-electron chi connectivity index (χ2n) is 7.82. The minimum Gasteiger partial charge on any atom is -0.386 e. The molecule has 0 amide bonds. The van der Waals surface area contributed by atoms with Crippen LogP contribution >= 0.6 is 0 Å². The maximum Gasteiger partial charge on any atom is 0.156 e. The van der Waals surface area contributed by atoms with Crippen LogP contribution in [0, 0.1) is 5.92 Å². The average molecular weight is 341 g/mol. The Hall–Kier alpha value is -1.72. The molecule has 1 aliphatic carbocycles. The van der Waals surface area contributed by atoms with E-state index >= 15 is 0 Å². The smallest absolute Gasteiger partial charge is 0.156 e. The van der Waals surface area contributed by atoms with E-state index in [1.54, 1.807) is 0 Å². The molecule has 25 heavy (non-hydrogen) atoms. The molecule has 5 heteroatoms. The van der Waals surface area contributed by atoms with Crippen molar-refractivity contribution in [2.24, 2.45) is 5.92 Å². The van der Waals surface area contributed by atoms with Crippen molar-refractivity contribution < 1.29 is 9.84 Å². The van der Waals surface area contributed by atoms with Gasteiger partial charge in [0.15, 0.2) is 5.82 Å². The standard InChI is InChI=1S/C20H27N3O2/c1-14-6-8-15(9-7-14)18-16-4-2-3-5-17(16)19(23-22-18)21-12-20(24)10-11-25-13-20/h2-5,14-15,24H,6-13H2,1H3,(H,21,23). The van der Waals surface area contributed by atoms with Crippen LogP contribution in [0.3, 0.4) is 0 Å². The fourth-order valence-corrected chi connectivity index (χ4v) is 4.07. The lowest BCUT2D eigenvalue weighted by atomic mass is 9.80.